The van der Waals surface area contributed by atoms with Gasteiger partial charge in [0, 0.05) is 23.8 Å². The number of aromatic nitrogens is 2. The van der Waals surface area contributed by atoms with Crippen molar-refractivity contribution in [3.05, 3.63) is 83.4 Å². The minimum atomic E-state index is -1.08. The number of para-hydroxylation sites is 1. The van der Waals surface area contributed by atoms with E-state index in [0.29, 0.717) is 23.0 Å². The van der Waals surface area contributed by atoms with Crippen molar-refractivity contribution >= 4 is 17.5 Å². The van der Waals surface area contributed by atoms with Gasteiger partial charge in [-0.3, -0.25) is 0 Å². The summed E-state index contributed by atoms with van der Waals surface area (Å²) in [6.07, 6.45) is 0. The second kappa shape index (κ2) is 9.08. The molecule has 4 rings (SSSR count). The monoisotopic (exact) mass is 443 g/mol. The summed E-state index contributed by atoms with van der Waals surface area (Å²) in [5.74, 6) is 0.299. The van der Waals surface area contributed by atoms with Gasteiger partial charge in [-0.25, -0.2) is 9.48 Å². The van der Waals surface area contributed by atoms with Gasteiger partial charge in [0.1, 0.15) is 5.82 Å². The van der Waals surface area contributed by atoms with Crippen LogP contribution < -0.4 is 14.8 Å². The molecule has 0 fully saturated rings. The molecule has 2 N–H and O–H groups in total. The molecule has 0 amide bonds. The Hall–Kier alpha value is -4.26. The Morgan fingerprint density at radius 1 is 0.939 bits per heavy atom. The third kappa shape index (κ3) is 4.39. The third-order valence-corrected chi connectivity index (χ3v) is 5.42. The highest BCUT2D eigenvalue weighted by atomic mass is 16.5. The largest absolute Gasteiger partial charge is 0.493 e. The van der Waals surface area contributed by atoms with Gasteiger partial charge in [0.25, 0.3) is 0 Å². The molecular formula is C26H25N3O4. The topological polar surface area (TPSA) is 85.6 Å². The smallest absolute Gasteiger partial charge is 0.337 e. The molecule has 168 valence electrons. The SMILES string of the molecule is COc1cc(Nc2cc(-c3ccc(C)cc3)nn2-c2ccccc2C)c(C(=O)O)cc1OC. The van der Waals surface area contributed by atoms with E-state index in [0.717, 1.165) is 28.1 Å². The quantitative estimate of drug-likeness (QED) is 0.386. The van der Waals surface area contributed by atoms with Crippen LogP contribution in [0.3, 0.4) is 0 Å². The van der Waals surface area contributed by atoms with Crippen molar-refractivity contribution in [3.8, 4) is 28.4 Å². The first-order chi connectivity index (χ1) is 15.9. The molecule has 0 aliphatic carbocycles. The first-order valence-electron chi connectivity index (χ1n) is 10.4. The number of ether oxygens (including phenoxy) is 2. The van der Waals surface area contributed by atoms with E-state index in [-0.39, 0.29) is 5.56 Å². The molecule has 3 aromatic carbocycles. The van der Waals surface area contributed by atoms with Gasteiger partial charge in [-0.15, -0.1) is 0 Å². The zero-order valence-corrected chi connectivity index (χ0v) is 18.9. The Labute approximate surface area is 192 Å². The van der Waals surface area contributed by atoms with Crippen molar-refractivity contribution in [3.63, 3.8) is 0 Å². The maximum atomic E-state index is 12.0. The van der Waals surface area contributed by atoms with Crippen LogP contribution in [-0.4, -0.2) is 35.1 Å². The highest BCUT2D eigenvalue weighted by Crippen LogP contribution is 2.36. The average molecular weight is 444 g/mol. The fraction of sp³-hybridized carbons (Fsp3) is 0.154. The van der Waals surface area contributed by atoms with E-state index < -0.39 is 5.97 Å². The fourth-order valence-corrected chi connectivity index (χ4v) is 3.62. The molecule has 0 bridgehead atoms. The lowest BCUT2D eigenvalue weighted by molar-refractivity contribution is 0.0697. The first kappa shape index (κ1) is 22.0. The number of hydrogen-bond donors (Lipinski definition) is 2. The molecule has 4 aromatic rings. The molecule has 0 aliphatic rings. The van der Waals surface area contributed by atoms with Crippen LogP contribution in [-0.2, 0) is 0 Å². The number of aromatic carboxylic acids is 1. The molecule has 0 aliphatic heterocycles. The van der Waals surface area contributed by atoms with Crippen LogP contribution in [0.4, 0.5) is 11.5 Å². The number of nitrogens with one attached hydrogen (secondary N) is 1. The summed E-state index contributed by atoms with van der Waals surface area (Å²) < 4.78 is 12.5. The molecule has 33 heavy (non-hydrogen) atoms. The molecule has 0 atom stereocenters. The van der Waals surface area contributed by atoms with Crippen LogP contribution in [0.25, 0.3) is 16.9 Å². The van der Waals surface area contributed by atoms with Crippen LogP contribution in [0, 0.1) is 13.8 Å². The Morgan fingerprint density at radius 3 is 2.24 bits per heavy atom. The Bertz CT molecular complexity index is 1310. The van der Waals surface area contributed by atoms with Crippen molar-refractivity contribution < 1.29 is 19.4 Å². The van der Waals surface area contributed by atoms with Crippen molar-refractivity contribution in [2.45, 2.75) is 13.8 Å². The lowest BCUT2D eigenvalue weighted by atomic mass is 10.1. The molecule has 0 unspecified atom stereocenters. The van der Waals surface area contributed by atoms with Crippen molar-refractivity contribution in [1.29, 1.82) is 0 Å². The van der Waals surface area contributed by atoms with Gasteiger partial charge in [0.15, 0.2) is 11.5 Å². The number of aryl methyl sites for hydroxylation is 2. The predicted octanol–water partition coefficient (Wildman–Crippen LogP) is 5.62. The molecule has 0 spiro atoms. The molecule has 1 aromatic heterocycles. The fourth-order valence-electron chi connectivity index (χ4n) is 3.62. The maximum Gasteiger partial charge on any atom is 0.337 e. The van der Waals surface area contributed by atoms with E-state index >= 15 is 0 Å². The van der Waals surface area contributed by atoms with E-state index in [2.05, 4.69) is 5.32 Å². The van der Waals surface area contributed by atoms with Crippen molar-refractivity contribution in [1.82, 2.24) is 9.78 Å². The summed E-state index contributed by atoms with van der Waals surface area (Å²) in [5.41, 5.74) is 5.22. The molecule has 0 saturated carbocycles. The number of carboxylic acids is 1. The first-order valence-corrected chi connectivity index (χ1v) is 10.4. The van der Waals surface area contributed by atoms with Gasteiger partial charge in [-0.05, 0) is 25.5 Å². The van der Waals surface area contributed by atoms with Crippen LogP contribution in [0.15, 0.2) is 66.7 Å². The van der Waals surface area contributed by atoms with Gasteiger partial charge >= 0.3 is 5.97 Å². The van der Waals surface area contributed by atoms with Crippen LogP contribution in [0.1, 0.15) is 21.5 Å². The lowest BCUT2D eigenvalue weighted by Gasteiger charge is -2.16. The number of rotatable bonds is 7. The van der Waals surface area contributed by atoms with E-state index in [9.17, 15) is 9.90 Å². The standard InChI is InChI=1S/C26H25N3O4/c1-16-9-11-18(12-10-16)20-15-25(29(28-20)22-8-6-5-7-17(22)2)27-21-14-24(33-4)23(32-3)13-19(21)26(30)31/h5-15,27H,1-4H3,(H,30,31). The van der Waals surface area contributed by atoms with E-state index in [1.165, 1.54) is 20.3 Å². The van der Waals surface area contributed by atoms with Gasteiger partial charge in [0.2, 0.25) is 0 Å². The Morgan fingerprint density at radius 2 is 1.61 bits per heavy atom. The third-order valence-electron chi connectivity index (χ3n) is 5.42. The molecule has 7 heteroatoms. The van der Waals surface area contributed by atoms with Crippen LogP contribution in [0.2, 0.25) is 0 Å². The molecule has 0 saturated heterocycles. The lowest BCUT2D eigenvalue weighted by Crippen LogP contribution is -2.08. The second-order valence-corrected chi connectivity index (χ2v) is 7.66. The van der Waals surface area contributed by atoms with Crippen molar-refractivity contribution in [2.75, 3.05) is 19.5 Å². The van der Waals surface area contributed by atoms with Gasteiger partial charge in [-0.1, -0.05) is 48.0 Å². The molecule has 0 radical (unpaired) electrons. The predicted molar refractivity (Wildman–Crippen MR) is 128 cm³/mol. The molecule has 1 heterocycles. The Balaban J connectivity index is 1.87. The van der Waals surface area contributed by atoms with E-state index in [1.807, 2.05) is 68.4 Å². The highest BCUT2D eigenvalue weighted by Gasteiger charge is 2.19. The summed E-state index contributed by atoms with van der Waals surface area (Å²) in [5, 5.41) is 17.9. The van der Waals surface area contributed by atoms with Crippen molar-refractivity contribution in [2.24, 2.45) is 0 Å². The van der Waals surface area contributed by atoms with Crippen LogP contribution >= 0.6 is 0 Å². The minimum Gasteiger partial charge on any atom is -0.493 e. The number of methoxy groups -OCH3 is 2. The number of benzene rings is 3. The van der Waals surface area contributed by atoms with Gasteiger partial charge in [0.05, 0.1) is 36.9 Å². The normalized spacial score (nSPS) is 10.7. The number of carboxylic acid groups (broad SMARTS) is 1. The number of nitrogens with zero attached hydrogens (tertiary/aromatic N) is 2. The minimum absolute atomic E-state index is 0.0575. The van der Waals surface area contributed by atoms with E-state index in [4.69, 9.17) is 14.6 Å². The zero-order valence-electron chi connectivity index (χ0n) is 18.9. The molecular weight excluding hydrogens is 418 g/mol. The summed E-state index contributed by atoms with van der Waals surface area (Å²) >= 11 is 0. The second-order valence-electron chi connectivity index (χ2n) is 7.66. The average Bonchev–Trinajstić information content (AvgIpc) is 3.22. The van der Waals surface area contributed by atoms with Gasteiger partial charge in [-0.2, -0.15) is 5.10 Å². The Kier molecular flexibility index (Phi) is 6.04. The number of anilines is 2. The van der Waals surface area contributed by atoms with Crippen LogP contribution in [0.5, 0.6) is 11.5 Å². The van der Waals surface area contributed by atoms with Gasteiger partial charge < -0.3 is 19.9 Å². The maximum absolute atomic E-state index is 12.0. The summed E-state index contributed by atoms with van der Waals surface area (Å²) in [7, 11) is 2.98. The summed E-state index contributed by atoms with van der Waals surface area (Å²) in [4.78, 5) is 12.0. The number of hydrogen-bond acceptors (Lipinski definition) is 5. The highest BCUT2D eigenvalue weighted by molar-refractivity contribution is 5.96. The van der Waals surface area contributed by atoms with E-state index in [1.54, 1.807) is 10.7 Å². The number of carbonyl (C=O) groups is 1. The molecule has 7 nitrogen and oxygen atoms in total. The summed E-state index contributed by atoms with van der Waals surface area (Å²) in [6.45, 7) is 4.04. The zero-order chi connectivity index (χ0) is 23.5. The summed E-state index contributed by atoms with van der Waals surface area (Å²) in [6, 6.07) is 20.9.